The second-order valence-electron chi connectivity index (χ2n) is 5.03. The third kappa shape index (κ3) is 3.38. The number of hydrogen-bond acceptors (Lipinski definition) is 4. The van der Waals surface area contributed by atoms with Crippen LogP contribution in [0.15, 0.2) is 60.7 Å². The maximum absolute atomic E-state index is 13.9. The van der Waals surface area contributed by atoms with Gasteiger partial charge in [0.2, 0.25) is 0 Å². The lowest BCUT2D eigenvalue weighted by Crippen LogP contribution is -1.95. The van der Waals surface area contributed by atoms with Crippen LogP contribution < -0.4 is 20.9 Å². The van der Waals surface area contributed by atoms with Crippen LogP contribution in [0.25, 0.3) is 0 Å². The molecule has 122 valence electrons. The van der Waals surface area contributed by atoms with Crippen LogP contribution in [0.3, 0.4) is 0 Å². The molecule has 0 aliphatic heterocycles. The molecule has 3 aromatic carbocycles. The highest BCUT2D eigenvalue weighted by molar-refractivity contribution is 5.49. The Balaban J connectivity index is 1.90. The molecule has 0 saturated carbocycles. The molecule has 0 heterocycles. The first-order chi connectivity index (χ1) is 11.5. The molecule has 24 heavy (non-hydrogen) atoms. The minimum atomic E-state index is -0.608. The number of hydrogen-bond donors (Lipinski definition) is 2. The van der Waals surface area contributed by atoms with Crippen molar-refractivity contribution < 1.29 is 18.3 Å². The summed E-state index contributed by atoms with van der Waals surface area (Å²) in [6.45, 7) is 0. The second kappa shape index (κ2) is 6.45. The van der Waals surface area contributed by atoms with E-state index in [0.29, 0.717) is 0 Å². The van der Waals surface area contributed by atoms with Gasteiger partial charge in [-0.05, 0) is 36.4 Å². The van der Waals surface area contributed by atoms with Gasteiger partial charge in [-0.2, -0.15) is 0 Å². The molecule has 3 aromatic rings. The van der Waals surface area contributed by atoms with E-state index in [9.17, 15) is 8.78 Å². The highest BCUT2D eigenvalue weighted by Crippen LogP contribution is 2.36. The van der Waals surface area contributed by atoms with Crippen LogP contribution in [0, 0.1) is 11.6 Å². The van der Waals surface area contributed by atoms with Crippen LogP contribution in [-0.2, 0) is 0 Å². The number of anilines is 2. The zero-order chi connectivity index (χ0) is 17.1. The summed E-state index contributed by atoms with van der Waals surface area (Å²) >= 11 is 0. The number of rotatable bonds is 4. The Morgan fingerprint density at radius 1 is 0.583 bits per heavy atom. The summed E-state index contributed by atoms with van der Waals surface area (Å²) in [6, 6.07) is 14.7. The summed E-state index contributed by atoms with van der Waals surface area (Å²) in [5.41, 5.74) is 11.6. The molecule has 6 heteroatoms. The van der Waals surface area contributed by atoms with Crippen molar-refractivity contribution in [3.63, 3.8) is 0 Å². The molecular formula is C18H14F2N2O2. The highest BCUT2D eigenvalue weighted by atomic mass is 19.1. The van der Waals surface area contributed by atoms with E-state index in [4.69, 9.17) is 20.9 Å². The molecule has 3 rings (SSSR count). The van der Waals surface area contributed by atoms with E-state index >= 15 is 0 Å². The summed E-state index contributed by atoms with van der Waals surface area (Å²) in [5.74, 6) is -0.780. The number of para-hydroxylation sites is 2. The standard InChI is InChI=1S/C18H14F2N2O2/c19-13-9-11(21)5-7-15(13)23-17-3-1-2-4-18(17)24-16-8-6-12(22)10-14(16)20/h1-10H,21-22H2. The number of halogens is 2. The van der Waals surface area contributed by atoms with Gasteiger partial charge in [0.1, 0.15) is 0 Å². The first kappa shape index (κ1) is 15.6. The monoisotopic (exact) mass is 328 g/mol. The van der Waals surface area contributed by atoms with Crippen LogP contribution in [-0.4, -0.2) is 0 Å². The molecule has 0 aliphatic rings. The fraction of sp³-hybridized carbons (Fsp3) is 0. The van der Waals surface area contributed by atoms with E-state index < -0.39 is 11.6 Å². The van der Waals surface area contributed by atoms with Gasteiger partial charge in [-0.15, -0.1) is 0 Å². The summed E-state index contributed by atoms with van der Waals surface area (Å²) in [5, 5.41) is 0. The van der Waals surface area contributed by atoms with E-state index in [1.165, 1.54) is 24.3 Å². The van der Waals surface area contributed by atoms with Gasteiger partial charge in [-0.3, -0.25) is 0 Å². The first-order valence-electron chi connectivity index (χ1n) is 7.08. The Bertz CT molecular complexity index is 812. The van der Waals surface area contributed by atoms with Crippen molar-refractivity contribution in [3.8, 4) is 23.0 Å². The third-order valence-corrected chi connectivity index (χ3v) is 3.20. The minimum Gasteiger partial charge on any atom is -0.450 e. The van der Waals surface area contributed by atoms with E-state index in [-0.39, 0.29) is 34.4 Å². The molecular weight excluding hydrogens is 314 g/mol. The number of benzene rings is 3. The van der Waals surface area contributed by atoms with Crippen LogP contribution in [0.1, 0.15) is 0 Å². The topological polar surface area (TPSA) is 70.5 Å². The summed E-state index contributed by atoms with van der Waals surface area (Å²) in [4.78, 5) is 0. The molecule has 0 saturated heterocycles. The molecule has 0 fully saturated rings. The van der Waals surface area contributed by atoms with Crippen LogP contribution >= 0.6 is 0 Å². The van der Waals surface area contributed by atoms with Crippen molar-refractivity contribution in [1.82, 2.24) is 0 Å². The van der Waals surface area contributed by atoms with Crippen LogP contribution in [0.4, 0.5) is 20.2 Å². The van der Waals surface area contributed by atoms with Gasteiger partial charge in [-0.25, -0.2) is 8.78 Å². The van der Waals surface area contributed by atoms with Gasteiger partial charge in [-0.1, -0.05) is 12.1 Å². The largest absolute Gasteiger partial charge is 0.450 e. The van der Waals surface area contributed by atoms with Crippen molar-refractivity contribution >= 4 is 11.4 Å². The fourth-order valence-corrected chi connectivity index (χ4v) is 2.06. The average Bonchev–Trinajstić information content (AvgIpc) is 2.54. The minimum absolute atomic E-state index is 0.0157. The second-order valence-corrected chi connectivity index (χ2v) is 5.03. The predicted molar refractivity (Wildman–Crippen MR) is 88.2 cm³/mol. The van der Waals surface area contributed by atoms with E-state index in [2.05, 4.69) is 0 Å². The summed E-state index contributed by atoms with van der Waals surface area (Å²) < 4.78 is 38.8. The molecule has 0 atom stereocenters. The molecule has 4 nitrogen and oxygen atoms in total. The Kier molecular flexibility index (Phi) is 4.20. The maximum Gasteiger partial charge on any atom is 0.170 e. The van der Waals surface area contributed by atoms with Crippen molar-refractivity contribution in [2.75, 3.05) is 11.5 Å². The Morgan fingerprint density at radius 3 is 1.38 bits per heavy atom. The Labute approximate surface area is 137 Å². The zero-order valence-electron chi connectivity index (χ0n) is 12.5. The van der Waals surface area contributed by atoms with Crippen molar-refractivity contribution in [1.29, 1.82) is 0 Å². The van der Waals surface area contributed by atoms with Gasteiger partial charge in [0.15, 0.2) is 34.6 Å². The molecule has 0 bridgehead atoms. The van der Waals surface area contributed by atoms with Crippen molar-refractivity contribution in [2.24, 2.45) is 0 Å². The van der Waals surface area contributed by atoms with E-state index in [1.54, 1.807) is 24.3 Å². The van der Waals surface area contributed by atoms with Crippen molar-refractivity contribution in [2.45, 2.75) is 0 Å². The van der Waals surface area contributed by atoms with Gasteiger partial charge in [0, 0.05) is 23.5 Å². The first-order valence-corrected chi connectivity index (χ1v) is 7.08. The summed E-state index contributed by atoms with van der Waals surface area (Å²) in [7, 11) is 0. The van der Waals surface area contributed by atoms with Gasteiger partial charge < -0.3 is 20.9 Å². The van der Waals surface area contributed by atoms with Crippen LogP contribution in [0.2, 0.25) is 0 Å². The van der Waals surface area contributed by atoms with Gasteiger partial charge in [0.25, 0.3) is 0 Å². The highest BCUT2D eigenvalue weighted by Gasteiger charge is 2.12. The third-order valence-electron chi connectivity index (χ3n) is 3.20. The SMILES string of the molecule is Nc1ccc(Oc2ccccc2Oc2ccc(N)cc2F)c(F)c1. The van der Waals surface area contributed by atoms with E-state index in [0.717, 1.165) is 12.1 Å². The molecule has 0 aromatic heterocycles. The lowest BCUT2D eigenvalue weighted by Gasteiger charge is -2.13. The molecule has 4 N–H and O–H groups in total. The Morgan fingerprint density at radius 2 is 1.00 bits per heavy atom. The predicted octanol–water partition coefficient (Wildman–Crippen LogP) is 4.71. The zero-order valence-corrected chi connectivity index (χ0v) is 12.5. The molecule has 0 unspecified atom stereocenters. The van der Waals surface area contributed by atoms with Gasteiger partial charge >= 0.3 is 0 Å². The molecule has 0 aliphatic carbocycles. The normalized spacial score (nSPS) is 10.4. The fourth-order valence-electron chi connectivity index (χ4n) is 2.06. The molecule has 0 amide bonds. The summed E-state index contributed by atoms with van der Waals surface area (Å²) in [6.07, 6.45) is 0. The smallest absolute Gasteiger partial charge is 0.170 e. The maximum atomic E-state index is 13.9. The Hall–Kier alpha value is -3.28. The van der Waals surface area contributed by atoms with Crippen molar-refractivity contribution in [3.05, 3.63) is 72.3 Å². The van der Waals surface area contributed by atoms with E-state index in [1.807, 2.05) is 0 Å². The van der Waals surface area contributed by atoms with Gasteiger partial charge in [0.05, 0.1) is 0 Å². The number of ether oxygens (including phenoxy) is 2. The average molecular weight is 328 g/mol. The number of nitrogen functional groups attached to an aromatic ring is 2. The lowest BCUT2D eigenvalue weighted by molar-refractivity contribution is 0.390. The lowest BCUT2D eigenvalue weighted by atomic mass is 10.2. The van der Waals surface area contributed by atoms with Crippen LogP contribution in [0.5, 0.6) is 23.0 Å². The molecule has 0 radical (unpaired) electrons. The number of nitrogens with two attached hydrogens (primary N) is 2. The molecule has 0 spiro atoms. The quantitative estimate of drug-likeness (QED) is 0.680.